The van der Waals surface area contributed by atoms with Crippen molar-refractivity contribution in [3.63, 3.8) is 0 Å². The topological polar surface area (TPSA) is 39.2 Å². The first-order valence-electron chi connectivity index (χ1n) is 5.75. The van der Waals surface area contributed by atoms with Gasteiger partial charge in [0.1, 0.15) is 5.76 Å². The average Bonchev–Trinajstić information content (AvgIpc) is 2.67. The molecule has 17 heavy (non-hydrogen) atoms. The molecule has 2 rings (SSSR count). The van der Waals surface area contributed by atoms with Gasteiger partial charge in [0.25, 0.3) is 0 Å². The molecule has 2 nitrogen and oxygen atoms in total. The zero-order valence-corrected chi connectivity index (χ0v) is 11.4. The Hall–Kier alpha value is -0.990. The molecule has 1 atom stereocenters. The third-order valence-corrected chi connectivity index (χ3v) is 3.41. The molecule has 0 saturated heterocycles. The predicted molar refractivity (Wildman–Crippen MR) is 72.3 cm³/mol. The van der Waals surface area contributed by atoms with Gasteiger partial charge in [-0.3, -0.25) is 0 Å². The van der Waals surface area contributed by atoms with E-state index in [-0.39, 0.29) is 11.5 Å². The summed E-state index contributed by atoms with van der Waals surface area (Å²) in [4.78, 5) is 0. The van der Waals surface area contributed by atoms with Crippen molar-refractivity contribution in [2.24, 2.45) is 11.1 Å². The lowest BCUT2D eigenvalue weighted by Crippen LogP contribution is -2.25. The van der Waals surface area contributed by atoms with Gasteiger partial charge >= 0.3 is 0 Å². The van der Waals surface area contributed by atoms with Crippen molar-refractivity contribution < 1.29 is 4.42 Å². The number of benzene rings is 1. The molecule has 1 unspecified atom stereocenters. The smallest absolute Gasteiger partial charge is 0.153 e. The zero-order chi connectivity index (χ0) is 12.8. The molecule has 2 aromatic rings. The Morgan fingerprint density at radius 3 is 2.47 bits per heavy atom. The van der Waals surface area contributed by atoms with E-state index in [1.807, 2.05) is 25.1 Å². The lowest BCUT2D eigenvalue weighted by Gasteiger charge is -2.24. The van der Waals surface area contributed by atoms with Crippen molar-refractivity contribution in [3.05, 3.63) is 34.5 Å². The fraction of sp³-hybridized carbons (Fsp3) is 0.429. The molecule has 3 heteroatoms. The SMILES string of the molecule is Cc1ccc(Cl)c2oc(C(N)C(C)(C)C)cc12. The highest BCUT2D eigenvalue weighted by atomic mass is 35.5. The Morgan fingerprint density at radius 1 is 1.29 bits per heavy atom. The first kappa shape index (κ1) is 12.5. The molecule has 1 aromatic heterocycles. The number of aryl methyl sites for hydroxylation is 1. The van der Waals surface area contributed by atoms with Gasteiger partial charge in [-0.25, -0.2) is 0 Å². The van der Waals surface area contributed by atoms with Crippen LogP contribution in [0.5, 0.6) is 0 Å². The number of nitrogens with two attached hydrogens (primary N) is 1. The summed E-state index contributed by atoms with van der Waals surface area (Å²) in [5.41, 5.74) is 8.06. The van der Waals surface area contributed by atoms with E-state index in [1.54, 1.807) is 0 Å². The Balaban J connectivity index is 2.59. The molecule has 0 saturated carbocycles. The fourth-order valence-corrected chi connectivity index (χ4v) is 2.03. The first-order valence-corrected chi connectivity index (χ1v) is 6.12. The molecule has 0 aliphatic carbocycles. The van der Waals surface area contributed by atoms with E-state index in [0.29, 0.717) is 5.02 Å². The van der Waals surface area contributed by atoms with Crippen LogP contribution in [0.3, 0.4) is 0 Å². The molecule has 2 N–H and O–H groups in total. The van der Waals surface area contributed by atoms with Crippen LogP contribution in [0.1, 0.15) is 38.1 Å². The van der Waals surface area contributed by atoms with Gasteiger partial charge in [-0.2, -0.15) is 0 Å². The van der Waals surface area contributed by atoms with Crippen molar-refractivity contribution in [2.75, 3.05) is 0 Å². The molecule has 0 fully saturated rings. The minimum atomic E-state index is -0.134. The molecule has 0 aliphatic rings. The lowest BCUT2D eigenvalue weighted by molar-refractivity contribution is 0.290. The van der Waals surface area contributed by atoms with Crippen LogP contribution in [0.2, 0.25) is 5.02 Å². The Kier molecular flexibility index (Phi) is 2.96. The van der Waals surface area contributed by atoms with Crippen LogP contribution in [-0.2, 0) is 0 Å². The third kappa shape index (κ3) is 2.20. The summed E-state index contributed by atoms with van der Waals surface area (Å²) in [5.74, 6) is 0.795. The zero-order valence-electron chi connectivity index (χ0n) is 10.7. The van der Waals surface area contributed by atoms with Crippen LogP contribution in [0.4, 0.5) is 0 Å². The molecule has 0 spiro atoms. The summed E-state index contributed by atoms with van der Waals surface area (Å²) in [5, 5.41) is 1.69. The fourth-order valence-electron chi connectivity index (χ4n) is 1.82. The van der Waals surface area contributed by atoms with Crippen LogP contribution in [0.25, 0.3) is 11.0 Å². The van der Waals surface area contributed by atoms with E-state index in [9.17, 15) is 0 Å². The van der Waals surface area contributed by atoms with Gasteiger partial charge < -0.3 is 10.2 Å². The highest BCUT2D eigenvalue weighted by Crippen LogP contribution is 2.36. The molecule has 1 heterocycles. The monoisotopic (exact) mass is 251 g/mol. The van der Waals surface area contributed by atoms with Crippen molar-refractivity contribution >= 4 is 22.6 Å². The minimum absolute atomic E-state index is 0.0335. The van der Waals surface area contributed by atoms with Crippen LogP contribution in [-0.4, -0.2) is 0 Å². The third-order valence-electron chi connectivity index (χ3n) is 3.11. The maximum absolute atomic E-state index is 6.20. The second kappa shape index (κ2) is 4.04. The first-order chi connectivity index (χ1) is 7.80. The van der Waals surface area contributed by atoms with Crippen LogP contribution < -0.4 is 5.73 Å². The summed E-state index contributed by atoms with van der Waals surface area (Å²) in [6.45, 7) is 8.33. The Morgan fingerprint density at radius 2 is 1.94 bits per heavy atom. The summed E-state index contributed by atoms with van der Waals surface area (Å²) in [7, 11) is 0. The summed E-state index contributed by atoms with van der Waals surface area (Å²) in [6, 6.07) is 5.72. The molecular formula is C14H18ClNO. The Bertz CT molecular complexity index is 512. The van der Waals surface area contributed by atoms with Gasteiger partial charge in [-0.05, 0) is 30.0 Å². The van der Waals surface area contributed by atoms with Crippen LogP contribution in [0, 0.1) is 12.3 Å². The van der Waals surface area contributed by atoms with Gasteiger partial charge in [0, 0.05) is 5.39 Å². The number of halogens is 1. The highest BCUT2D eigenvalue weighted by Gasteiger charge is 2.26. The van der Waals surface area contributed by atoms with Gasteiger partial charge in [-0.15, -0.1) is 0 Å². The van der Waals surface area contributed by atoms with Crippen LogP contribution >= 0.6 is 11.6 Å². The van der Waals surface area contributed by atoms with Crippen molar-refractivity contribution in [3.8, 4) is 0 Å². The van der Waals surface area contributed by atoms with Gasteiger partial charge in [0.15, 0.2) is 5.58 Å². The lowest BCUT2D eigenvalue weighted by atomic mass is 9.86. The van der Waals surface area contributed by atoms with E-state index >= 15 is 0 Å². The van der Waals surface area contributed by atoms with E-state index < -0.39 is 0 Å². The number of fused-ring (bicyclic) bond motifs is 1. The standard InChI is InChI=1S/C14H18ClNO/c1-8-5-6-10(15)12-9(8)7-11(17-12)13(16)14(2,3)4/h5-7,13H,16H2,1-4H3. The molecule has 1 aromatic carbocycles. The number of hydrogen-bond acceptors (Lipinski definition) is 2. The number of hydrogen-bond donors (Lipinski definition) is 1. The summed E-state index contributed by atoms with van der Waals surface area (Å²) in [6.07, 6.45) is 0. The quantitative estimate of drug-likeness (QED) is 0.814. The molecule has 92 valence electrons. The normalized spacial score (nSPS) is 14.2. The van der Waals surface area contributed by atoms with Crippen molar-refractivity contribution in [2.45, 2.75) is 33.7 Å². The molecule has 0 bridgehead atoms. The predicted octanol–water partition coefficient (Wildman–Crippen LogP) is 4.44. The largest absolute Gasteiger partial charge is 0.458 e. The summed E-state index contributed by atoms with van der Waals surface area (Å²) >= 11 is 6.13. The maximum atomic E-state index is 6.20. The summed E-state index contributed by atoms with van der Waals surface area (Å²) < 4.78 is 5.81. The van der Waals surface area contributed by atoms with Crippen molar-refractivity contribution in [1.82, 2.24) is 0 Å². The highest BCUT2D eigenvalue weighted by molar-refractivity contribution is 6.34. The average molecular weight is 252 g/mol. The maximum Gasteiger partial charge on any atom is 0.153 e. The van der Waals surface area contributed by atoms with Crippen molar-refractivity contribution in [1.29, 1.82) is 0 Å². The number of rotatable bonds is 1. The molecule has 0 amide bonds. The number of furan rings is 1. The van der Waals surface area contributed by atoms with E-state index in [2.05, 4.69) is 20.8 Å². The molecule has 0 radical (unpaired) electrons. The minimum Gasteiger partial charge on any atom is -0.458 e. The van der Waals surface area contributed by atoms with Crippen LogP contribution in [0.15, 0.2) is 22.6 Å². The van der Waals surface area contributed by atoms with E-state index in [1.165, 1.54) is 0 Å². The molecular weight excluding hydrogens is 234 g/mol. The van der Waals surface area contributed by atoms with E-state index in [0.717, 1.165) is 22.3 Å². The van der Waals surface area contributed by atoms with Gasteiger partial charge in [0.2, 0.25) is 0 Å². The van der Waals surface area contributed by atoms with E-state index in [4.69, 9.17) is 21.8 Å². The Labute approximate surface area is 107 Å². The van der Waals surface area contributed by atoms with Gasteiger partial charge in [0.05, 0.1) is 11.1 Å². The van der Waals surface area contributed by atoms with Gasteiger partial charge in [-0.1, -0.05) is 38.4 Å². The molecule has 0 aliphatic heterocycles. The second-order valence-corrected chi connectivity index (χ2v) is 6.01. The second-order valence-electron chi connectivity index (χ2n) is 5.60.